The first kappa shape index (κ1) is 14.2. The van der Waals surface area contributed by atoms with Gasteiger partial charge in [-0.1, -0.05) is 20.8 Å². The van der Waals surface area contributed by atoms with Crippen molar-refractivity contribution in [3.05, 3.63) is 28.5 Å². The summed E-state index contributed by atoms with van der Waals surface area (Å²) in [5, 5.41) is 3.11. The summed E-state index contributed by atoms with van der Waals surface area (Å²) in [6.07, 6.45) is 4.41. The Labute approximate surface area is 111 Å². The number of halogens is 1. The molecule has 0 fully saturated rings. The molecule has 0 saturated carbocycles. The Kier molecular flexibility index (Phi) is 5.12. The van der Waals surface area contributed by atoms with Gasteiger partial charge in [0, 0.05) is 16.2 Å². The van der Waals surface area contributed by atoms with Crippen LogP contribution in [0.3, 0.4) is 0 Å². The van der Waals surface area contributed by atoms with E-state index < -0.39 is 0 Å². The van der Waals surface area contributed by atoms with Gasteiger partial charge in [0.25, 0.3) is 5.91 Å². The molecule has 1 aromatic rings. The lowest BCUT2D eigenvalue weighted by atomic mass is 9.89. The van der Waals surface area contributed by atoms with E-state index in [4.69, 9.17) is 0 Å². The Morgan fingerprint density at radius 3 is 2.41 bits per heavy atom. The highest BCUT2D eigenvalue weighted by molar-refractivity contribution is 9.10. The summed E-state index contributed by atoms with van der Waals surface area (Å²) >= 11 is 3.35. The zero-order chi connectivity index (χ0) is 12.9. The van der Waals surface area contributed by atoms with E-state index in [-0.39, 0.29) is 11.4 Å². The van der Waals surface area contributed by atoms with Crippen molar-refractivity contribution in [2.45, 2.75) is 45.6 Å². The Morgan fingerprint density at radius 2 is 1.94 bits per heavy atom. The second kappa shape index (κ2) is 6.15. The molecule has 3 nitrogen and oxygen atoms in total. The number of carbonyl (C=O) groups is 1. The van der Waals surface area contributed by atoms with Gasteiger partial charge < -0.3 is 5.32 Å². The Balaban J connectivity index is 2.89. The molecule has 0 aliphatic heterocycles. The van der Waals surface area contributed by atoms with Crippen molar-refractivity contribution in [1.82, 2.24) is 10.3 Å². The van der Waals surface area contributed by atoms with Crippen molar-refractivity contribution >= 4 is 21.8 Å². The van der Waals surface area contributed by atoms with Gasteiger partial charge in [-0.2, -0.15) is 0 Å². The number of hydrogen-bond acceptors (Lipinski definition) is 2. The maximum atomic E-state index is 12.2. The van der Waals surface area contributed by atoms with E-state index in [1.165, 1.54) is 0 Å². The van der Waals surface area contributed by atoms with Crippen molar-refractivity contribution in [3.63, 3.8) is 0 Å². The zero-order valence-corrected chi connectivity index (χ0v) is 12.2. The highest BCUT2D eigenvalue weighted by Crippen LogP contribution is 2.21. The molecule has 0 atom stereocenters. The Hall–Kier alpha value is -0.900. The molecule has 1 N–H and O–H groups in total. The number of nitrogens with zero attached hydrogens (tertiary/aromatic N) is 1. The second-order valence-electron chi connectivity index (χ2n) is 4.13. The van der Waals surface area contributed by atoms with Crippen molar-refractivity contribution in [2.75, 3.05) is 0 Å². The first-order valence-electron chi connectivity index (χ1n) is 6.01. The molecule has 1 aromatic heterocycles. The minimum Gasteiger partial charge on any atom is -0.345 e. The van der Waals surface area contributed by atoms with Crippen LogP contribution in [0, 0.1) is 0 Å². The quantitative estimate of drug-likeness (QED) is 0.903. The summed E-state index contributed by atoms with van der Waals surface area (Å²) in [5.41, 5.74) is 0.334. The molecule has 94 valence electrons. The fourth-order valence-electron chi connectivity index (χ4n) is 1.87. The number of amides is 1. The molecule has 4 heteroatoms. The molecular formula is C13H19BrN2O. The summed E-state index contributed by atoms with van der Waals surface area (Å²) in [6, 6.07) is 3.63. The van der Waals surface area contributed by atoms with Crippen LogP contribution in [0.5, 0.6) is 0 Å². The van der Waals surface area contributed by atoms with Gasteiger partial charge in [0.05, 0.1) is 0 Å². The van der Waals surface area contributed by atoms with Gasteiger partial charge in [-0.25, -0.2) is 4.98 Å². The first-order valence-corrected chi connectivity index (χ1v) is 6.81. The number of pyridine rings is 1. The average molecular weight is 299 g/mol. The zero-order valence-electron chi connectivity index (χ0n) is 10.6. The van der Waals surface area contributed by atoms with E-state index in [1.807, 2.05) is 6.07 Å². The van der Waals surface area contributed by atoms with Crippen LogP contribution >= 0.6 is 15.9 Å². The minimum atomic E-state index is -0.117. The lowest BCUT2D eigenvalue weighted by Gasteiger charge is -2.31. The van der Waals surface area contributed by atoms with Crippen LogP contribution in [0.15, 0.2) is 22.8 Å². The average Bonchev–Trinajstić information content (AvgIpc) is 2.36. The molecule has 1 amide bonds. The maximum Gasteiger partial charge on any atom is 0.271 e. The fraction of sp³-hybridized carbons (Fsp3) is 0.538. The van der Waals surface area contributed by atoms with Gasteiger partial charge in [0.15, 0.2) is 0 Å². The van der Waals surface area contributed by atoms with E-state index in [9.17, 15) is 4.79 Å². The van der Waals surface area contributed by atoms with Crippen molar-refractivity contribution in [2.24, 2.45) is 0 Å². The summed E-state index contributed by atoms with van der Waals surface area (Å²) in [5.74, 6) is -0.108. The van der Waals surface area contributed by atoms with E-state index >= 15 is 0 Å². The van der Waals surface area contributed by atoms with Crippen LogP contribution in [-0.4, -0.2) is 16.4 Å². The number of carbonyl (C=O) groups excluding carboxylic acids is 1. The summed E-state index contributed by atoms with van der Waals surface area (Å²) in [6.45, 7) is 6.29. The minimum absolute atomic E-state index is 0.108. The van der Waals surface area contributed by atoms with E-state index in [1.54, 1.807) is 12.3 Å². The molecule has 0 saturated heterocycles. The molecule has 0 radical (unpaired) electrons. The molecule has 0 aliphatic carbocycles. The van der Waals surface area contributed by atoms with Gasteiger partial charge in [0.1, 0.15) is 5.69 Å². The predicted molar refractivity (Wildman–Crippen MR) is 73.0 cm³/mol. The molecule has 0 aliphatic rings. The second-order valence-corrected chi connectivity index (χ2v) is 4.98. The summed E-state index contributed by atoms with van der Waals surface area (Å²) in [7, 11) is 0. The van der Waals surface area contributed by atoms with Gasteiger partial charge in [-0.05, 0) is 47.3 Å². The van der Waals surface area contributed by atoms with Crippen LogP contribution in [0.2, 0.25) is 0 Å². The highest BCUT2D eigenvalue weighted by Gasteiger charge is 2.27. The standard InChI is InChI=1S/C13H19BrN2O/c1-4-13(5-2,6-3)16-12(17)11-10(14)8-7-9-15-11/h7-9H,4-6H2,1-3H3,(H,16,17). The largest absolute Gasteiger partial charge is 0.345 e. The Morgan fingerprint density at radius 1 is 1.35 bits per heavy atom. The third-order valence-electron chi connectivity index (χ3n) is 3.38. The molecule has 1 heterocycles. The van der Waals surface area contributed by atoms with E-state index in [0.717, 1.165) is 23.7 Å². The van der Waals surface area contributed by atoms with Gasteiger partial charge in [-0.3, -0.25) is 4.79 Å². The molecule has 0 bridgehead atoms. The van der Waals surface area contributed by atoms with Gasteiger partial charge in [-0.15, -0.1) is 0 Å². The fourth-order valence-corrected chi connectivity index (χ4v) is 2.30. The first-order chi connectivity index (χ1) is 8.08. The third-order valence-corrected chi connectivity index (χ3v) is 4.02. The van der Waals surface area contributed by atoms with Crippen molar-refractivity contribution in [3.8, 4) is 0 Å². The van der Waals surface area contributed by atoms with Gasteiger partial charge in [0.2, 0.25) is 0 Å². The molecule has 0 aromatic carbocycles. The molecule has 1 rings (SSSR count). The third kappa shape index (κ3) is 3.28. The maximum absolute atomic E-state index is 12.2. The molecule has 0 spiro atoms. The molecule has 17 heavy (non-hydrogen) atoms. The monoisotopic (exact) mass is 298 g/mol. The van der Waals surface area contributed by atoms with Crippen LogP contribution in [0.25, 0.3) is 0 Å². The summed E-state index contributed by atoms with van der Waals surface area (Å²) in [4.78, 5) is 16.3. The normalized spacial score (nSPS) is 11.3. The lowest BCUT2D eigenvalue weighted by Crippen LogP contribution is -2.47. The van der Waals surface area contributed by atoms with Crippen LogP contribution in [-0.2, 0) is 0 Å². The van der Waals surface area contributed by atoms with Crippen molar-refractivity contribution < 1.29 is 4.79 Å². The van der Waals surface area contributed by atoms with Crippen molar-refractivity contribution in [1.29, 1.82) is 0 Å². The Bertz CT molecular complexity index is 380. The molecular weight excluding hydrogens is 280 g/mol. The van der Waals surface area contributed by atoms with E-state index in [0.29, 0.717) is 5.69 Å². The number of nitrogens with one attached hydrogen (secondary N) is 1. The van der Waals surface area contributed by atoms with Gasteiger partial charge >= 0.3 is 0 Å². The van der Waals surface area contributed by atoms with Crippen LogP contribution < -0.4 is 5.32 Å². The van der Waals surface area contributed by atoms with E-state index in [2.05, 4.69) is 47.0 Å². The SMILES string of the molecule is CCC(CC)(CC)NC(=O)c1ncccc1Br. The predicted octanol–water partition coefficient (Wildman–Crippen LogP) is 3.54. The number of rotatable bonds is 5. The summed E-state index contributed by atoms with van der Waals surface area (Å²) < 4.78 is 0.731. The smallest absolute Gasteiger partial charge is 0.271 e. The lowest BCUT2D eigenvalue weighted by molar-refractivity contribution is 0.0882. The molecule has 0 unspecified atom stereocenters. The topological polar surface area (TPSA) is 42.0 Å². The highest BCUT2D eigenvalue weighted by atomic mass is 79.9. The van der Waals surface area contributed by atoms with Crippen LogP contribution in [0.4, 0.5) is 0 Å². The number of aromatic nitrogens is 1. The van der Waals surface area contributed by atoms with Crippen LogP contribution in [0.1, 0.15) is 50.5 Å². The number of hydrogen-bond donors (Lipinski definition) is 1.